The molecule has 0 aliphatic heterocycles. The van der Waals surface area contributed by atoms with Crippen LogP contribution in [-0.2, 0) is 9.53 Å². The first-order chi connectivity index (χ1) is 8.24. The van der Waals surface area contributed by atoms with E-state index in [-0.39, 0.29) is 5.97 Å². The molecule has 0 bridgehead atoms. The second kappa shape index (κ2) is 6.93. The first-order valence-corrected chi connectivity index (χ1v) is 5.05. The van der Waals surface area contributed by atoms with Gasteiger partial charge in [-0.2, -0.15) is 0 Å². The fraction of sp³-hybridized carbons (Fsp3) is 0.133. The fourth-order valence-electron chi connectivity index (χ4n) is 1.03. The molecular weight excluding hydrogens is 212 g/mol. The summed E-state index contributed by atoms with van der Waals surface area (Å²) in [4.78, 5) is 11.0. The van der Waals surface area contributed by atoms with Gasteiger partial charge in [0.25, 0.3) is 0 Å². The number of carbonyl (C=O) groups is 1. The lowest BCUT2D eigenvalue weighted by Gasteiger charge is -1.93. The van der Waals surface area contributed by atoms with Gasteiger partial charge >= 0.3 is 5.97 Å². The molecule has 0 N–H and O–H groups in total. The molecule has 1 rings (SSSR count). The highest BCUT2D eigenvalue weighted by Gasteiger charge is 1.99. The average molecular weight is 224 g/mol. The smallest absolute Gasteiger partial charge is 0.334 e. The van der Waals surface area contributed by atoms with Gasteiger partial charge in [0.05, 0.1) is 7.11 Å². The van der Waals surface area contributed by atoms with Crippen LogP contribution in [0.4, 0.5) is 0 Å². The van der Waals surface area contributed by atoms with Crippen molar-refractivity contribution in [3.8, 4) is 23.7 Å². The highest BCUT2D eigenvalue weighted by atomic mass is 16.5. The molecule has 0 aliphatic carbocycles. The second-order valence-corrected chi connectivity index (χ2v) is 3.20. The van der Waals surface area contributed by atoms with Crippen LogP contribution in [0.25, 0.3) is 0 Å². The number of allylic oxidation sites excluding steroid dienone is 1. The molecule has 84 valence electrons. The van der Waals surface area contributed by atoms with Crippen molar-refractivity contribution >= 4 is 5.97 Å². The van der Waals surface area contributed by atoms with Gasteiger partial charge in [0.15, 0.2) is 0 Å². The minimum Gasteiger partial charge on any atom is -0.466 e. The first kappa shape index (κ1) is 12.6. The van der Waals surface area contributed by atoms with Gasteiger partial charge < -0.3 is 4.74 Å². The largest absolute Gasteiger partial charge is 0.466 e. The Balaban J connectivity index is 2.64. The van der Waals surface area contributed by atoms with Crippen molar-refractivity contribution in [2.45, 2.75) is 6.92 Å². The van der Waals surface area contributed by atoms with Crippen LogP contribution >= 0.6 is 0 Å². The third-order valence-electron chi connectivity index (χ3n) is 1.91. The van der Waals surface area contributed by atoms with Crippen LogP contribution in [0.5, 0.6) is 0 Å². The van der Waals surface area contributed by atoms with E-state index in [1.165, 1.54) is 13.2 Å². The maximum atomic E-state index is 11.0. The number of rotatable bonds is 1. The van der Waals surface area contributed by atoms with Gasteiger partial charge in [-0.3, -0.25) is 0 Å². The molecule has 2 heteroatoms. The van der Waals surface area contributed by atoms with Crippen LogP contribution in [0.1, 0.15) is 12.5 Å². The van der Waals surface area contributed by atoms with Crippen LogP contribution in [0.15, 0.2) is 42.0 Å². The maximum absolute atomic E-state index is 11.0. The minimum atomic E-state index is -0.379. The Bertz CT molecular complexity index is 531. The summed E-state index contributed by atoms with van der Waals surface area (Å²) in [5.41, 5.74) is 1.37. The van der Waals surface area contributed by atoms with Crippen LogP contribution in [-0.4, -0.2) is 13.1 Å². The molecule has 0 aromatic heterocycles. The molecule has 0 radical (unpaired) electrons. The van der Waals surface area contributed by atoms with Crippen LogP contribution in [0.2, 0.25) is 0 Å². The first-order valence-electron chi connectivity index (χ1n) is 5.05. The summed E-state index contributed by atoms with van der Waals surface area (Å²) in [5.74, 6) is 10.6. The van der Waals surface area contributed by atoms with Crippen molar-refractivity contribution in [3.63, 3.8) is 0 Å². The van der Waals surface area contributed by atoms with E-state index in [4.69, 9.17) is 0 Å². The molecule has 0 unspecified atom stereocenters. The molecule has 0 aliphatic rings. The van der Waals surface area contributed by atoms with Crippen LogP contribution in [0, 0.1) is 23.7 Å². The zero-order valence-electron chi connectivity index (χ0n) is 9.78. The Morgan fingerprint density at radius 2 is 1.94 bits per heavy atom. The number of ether oxygens (including phenoxy) is 1. The van der Waals surface area contributed by atoms with Gasteiger partial charge in [0, 0.05) is 11.1 Å². The summed E-state index contributed by atoms with van der Waals surface area (Å²) >= 11 is 0. The van der Waals surface area contributed by atoms with E-state index in [2.05, 4.69) is 28.4 Å². The Kier molecular flexibility index (Phi) is 5.14. The number of hydrogen-bond acceptors (Lipinski definition) is 2. The van der Waals surface area contributed by atoms with E-state index >= 15 is 0 Å². The zero-order chi connectivity index (χ0) is 12.5. The van der Waals surface area contributed by atoms with Gasteiger partial charge in [-0.25, -0.2) is 4.79 Å². The molecule has 17 heavy (non-hydrogen) atoms. The van der Waals surface area contributed by atoms with Crippen molar-refractivity contribution in [2.75, 3.05) is 7.11 Å². The number of carbonyl (C=O) groups excluding carboxylic acids is 1. The van der Waals surface area contributed by atoms with Crippen molar-refractivity contribution in [2.24, 2.45) is 0 Å². The molecule has 2 nitrogen and oxygen atoms in total. The summed E-state index contributed by atoms with van der Waals surface area (Å²) in [6.45, 7) is 1.64. The number of hydrogen-bond donors (Lipinski definition) is 0. The van der Waals surface area contributed by atoms with Crippen molar-refractivity contribution in [1.29, 1.82) is 0 Å². The van der Waals surface area contributed by atoms with Crippen molar-refractivity contribution in [3.05, 3.63) is 47.5 Å². The fourth-order valence-corrected chi connectivity index (χ4v) is 1.03. The number of benzene rings is 1. The Morgan fingerprint density at radius 3 is 2.59 bits per heavy atom. The average Bonchev–Trinajstić information content (AvgIpc) is 2.38. The Hall–Kier alpha value is -2.45. The monoisotopic (exact) mass is 224 g/mol. The zero-order valence-corrected chi connectivity index (χ0v) is 9.78. The van der Waals surface area contributed by atoms with Crippen molar-refractivity contribution < 1.29 is 9.53 Å². The lowest BCUT2D eigenvalue weighted by Crippen LogP contribution is -2.00. The van der Waals surface area contributed by atoms with Gasteiger partial charge in [-0.1, -0.05) is 30.0 Å². The second-order valence-electron chi connectivity index (χ2n) is 3.20. The molecule has 0 atom stereocenters. The minimum absolute atomic E-state index is 0.379. The summed E-state index contributed by atoms with van der Waals surface area (Å²) in [5, 5.41) is 0. The SMILES string of the molecule is COC(=O)/C(C)=C/C#CC#Cc1ccccc1. The van der Waals surface area contributed by atoms with Crippen LogP contribution in [0.3, 0.4) is 0 Å². The van der Waals surface area contributed by atoms with Crippen LogP contribution < -0.4 is 0 Å². The summed E-state index contributed by atoms with van der Waals surface area (Å²) < 4.78 is 4.53. The van der Waals surface area contributed by atoms with Gasteiger partial charge in [-0.15, -0.1) is 0 Å². The highest BCUT2D eigenvalue weighted by molar-refractivity contribution is 5.88. The molecule has 0 heterocycles. The number of esters is 1. The van der Waals surface area contributed by atoms with Gasteiger partial charge in [-0.05, 0) is 37.0 Å². The third-order valence-corrected chi connectivity index (χ3v) is 1.91. The molecule has 0 saturated carbocycles. The van der Waals surface area contributed by atoms with Crippen molar-refractivity contribution in [1.82, 2.24) is 0 Å². The van der Waals surface area contributed by atoms with E-state index in [1.807, 2.05) is 30.3 Å². The van der Waals surface area contributed by atoms with E-state index in [0.717, 1.165) is 5.56 Å². The lowest BCUT2D eigenvalue weighted by atomic mass is 10.2. The standard InChI is InChI=1S/C15H12O2/c1-13(15(16)17-2)9-5-3-6-10-14-11-7-4-8-12-14/h4,7-9,11-12H,1-2H3/b13-9+. The molecule has 0 saturated heterocycles. The summed E-state index contributed by atoms with van der Waals surface area (Å²) in [7, 11) is 1.34. The van der Waals surface area contributed by atoms with E-state index < -0.39 is 0 Å². The third kappa shape index (κ3) is 4.73. The highest BCUT2D eigenvalue weighted by Crippen LogP contribution is 1.94. The molecular formula is C15H12O2. The molecule has 1 aromatic rings. The molecule has 0 amide bonds. The summed E-state index contributed by atoms with van der Waals surface area (Å²) in [6.07, 6.45) is 1.49. The van der Waals surface area contributed by atoms with E-state index in [9.17, 15) is 4.79 Å². The number of methoxy groups -OCH3 is 1. The maximum Gasteiger partial charge on any atom is 0.334 e. The molecule has 0 fully saturated rings. The topological polar surface area (TPSA) is 26.3 Å². The normalized spacial score (nSPS) is 9.41. The summed E-state index contributed by atoms with van der Waals surface area (Å²) in [6, 6.07) is 9.57. The van der Waals surface area contributed by atoms with E-state index in [1.54, 1.807) is 6.92 Å². The van der Waals surface area contributed by atoms with Gasteiger partial charge in [0.1, 0.15) is 0 Å². The lowest BCUT2D eigenvalue weighted by molar-refractivity contribution is -0.136. The predicted molar refractivity (Wildman–Crippen MR) is 66.9 cm³/mol. The van der Waals surface area contributed by atoms with E-state index in [0.29, 0.717) is 5.57 Å². The molecule has 1 aromatic carbocycles. The molecule has 0 spiro atoms. The Labute approximate surface area is 101 Å². The quantitative estimate of drug-likeness (QED) is 0.415. The predicted octanol–water partition coefficient (Wildman–Crippen LogP) is 2.16. The Morgan fingerprint density at radius 1 is 1.24 bits per heavy atom. The van der Waals surface area contributed by atoms with Gasteiger partial charge in [0.2, 0.25) is 0 Å².